The average molecular weight is 304 g/mol. The summed E-state index contributed by atoms with van der Waals surface area (Å²) >= 11 is 0. The van der Waals surface area contributed by atoms with Crippen molar-refractivity contribution in [3.63, 3.8) is 0 Å². The van der Waals surface area contributed by atoms with E-state index in [9.17, 15) is 14.9 Å². The third kappa shape index (κ3) is 3.60. The highest BCUT2D eigenvalue weighted by Gasteiger charge is 2.19. The third-order valence-corrected chi connectivity index (χ3v) is 3.06. The number of hydrogen-bond acceptors (Lipinski definition) is 5. The molecule has 1 aromatic carbocycles. The number of rotatable bonds is 6. The van der Waals surface area contributed by atoms with E-state index in [0.29, 0.717) is 6.54 Å². The Bertz CT molecular complexity index is 669. The first-order valence-corrected chi connectivity index (χ1v) is 6.60. The van der Waals surface area contributed by atoms with Crippen molar-refractivity contribution in [2.45, 2.75) is 19.5 Å². The topological polar surface area (TPSA) is 99.3 Å². The molecule has 0 saturated carbocycles. The Morgan fingerprint density at radius 3 is 2.91 bits per heavy atom. The molecule has 116 valence electrons. The second-order valence-corrected chi connectivity index (χ2v) is 4.78. The molecule has 0 spiro atoms. The molecular formula is C14H16N4O4. The van der Waals surface area contributed by atoms with Gasteiger partial charge in [-0.15, -0.1) is 0 Å². The van der Waals surface area contributed by atoms with E-state index >= 15 is 0 Å². The van der Waals surface area contributed by atoms with Gasteiger partial charge in [-0.2, -0.15) is 0 Å². The second-order valence-electron chi connectivity index (χ2n) is 4.78. The normalized spacial score (nSPS) is 11.7. The molecule has 0 fully saturated rings. The molecule has 0 aliphatic carbocycles. The fourth-order valence-corrected chi connectivity index (χ4v) is 2.04. The van der Waals surface area contributed by atoms with Crippen LogP contribution in [-0.2, 0) is 6.54 Å². The summed E-state index contributed by atoms with van der Waals surface area (Å²) in [5.74, 6) is -0.258. The SMILES string of the molecule is COc1ccc(C(=O)N[C@H](C)Cn2ccnc2)cc1[N+](=O)[O-]. The molecule has 0 unspecified atom stereocenters. The van der Waals surface area contributed by atoms with Crippen molar-refractivity contribution >= 4 is 11.6 Å². The van der Waals surface area contributed by atoms with E-state index < -0.39 is 4.92 Å². The van der Waals surface area contributed by atoms with Gasteiger partial charge in [0, 0.05) is 36.6 Å². The lowest BCUT2D eigenvalue weighted by Crippen LogP contribution is -2.35. The van der Waals surface area contributed by atoms with Crippen LogP contribution in [0.1, 0.15) is 17.3 Å². The molecule has 1 N–H and O–H groups in total. The Morgan fingerprint density at radius 2 is 2.32 bits per heavy atom. The van der Waals surface area contributed by atoms with E-state index in [2.05, 4.69) is 10.3 Å². The molecule has 1 aromatic heterocycles. The van der Waals surface area contributed by atoms with E-state index in [0.717, 1.165) is 0 Å². The highest BCUT2D eigenvalue weighted by molar-refractivity contribution is 5.95. The lowest BCUT2D eigenvalue weighted by Gasteiger charge is -2.14. The number of nitrogens with one attached hydrogen (secondary N) is 1. The maximum atomic E-state index is 12.2. The minimum Gasteiger partial charge on any atom is -0.490 e. The number of methoxy groups -OCH3 is 1. The standard InChI is InChI=1S/C14H16N4O4/c1-10(8-17-6-5-15-9-17)16-14(19)11-3-4-13(22-2)12(7-11)18(20)21/h3-7,9-10H,8H2,1-2H3,(H,16,19)/t10-/m1/s1. The molecule has 0 saturated heterocycles. The summed E-state index contributed by atoms with van der Waals surface area (Å²) in [6.07, 6.45) is 5.10. The van der Waals surface area contributed by atoms with Crippen LogP contribution in [0.15, 0.2) is 36.9 Å². The van der Waals surface area contributed by atoms with E-state index in [1.54, 1.807) is 18.7 Å². The largest absolute Gasteiger partial charge is 0.490 e. The smallest absolute Gasteiger partial charge is 0.311 e. The van der Waals surface area contributed by atoms with Crippen molar-refractivity contribution in [2.24, 2.45) is 0 Å². The van der Waals surface area contributed by atoms with Crippen LogP contribution in [0.2, 0.25) is 0 Å². The minimum atomic E-state index is -0.579. The first kappa shape index (κ1) is 15.5. The number of aromatic nitrogens is 2. The predicted molar refractivity (Wildman–Crippen MR) is 78.8 cm³/mol. The number of imidazole rings is 1. The third-order valence-electron chi connectivity index (χ3n) is 3.06. The molecule has 2 aromatic rings. The zero-order valence-corrected chi connectivity index (χ0v) is 12.2. The van der Waals surface area contributed by atoms with Crippen molar-refractivity contribution < 1.29 is 14.5 Å². The second kappa shape index (κ2) is 6.70. The maximum absolute atomic E-state index is 12.2. The van der Waals surface area contributed by atoms with Crippen LogP contribution in [0.25, 0.3) is 0 Å². The van der Waals surface area contributed by atoms with Gasteiger partial charge in [0.2, 0.25) is 0 Å². The number of ether oxygens (including phenoxy) is 1. The zero-order chi connectivity index (χ0) is 16.1. The van der Waals surface area contributed by atoms with E-state index in [1.807, 2.05) is 11.5 Å². The predicted octanol–water partition coefficient (Wildman–Crippen LogP) is 1.62. The van der Waals surface area contributed by atoms with Gasteiger partial charge in [-0.1, -0.05) is 0 Å². The Labute approximate surface area is 126 Å². The van der Waals surface area contributed by atoms with Crippen LogP contribution < -0.4 is 10.1 Å². The number of nitro groups is 1. The highest BCUT2D eigenvalue weighted by Crippen LogP contribution is 2.27. The van der Waals surface area contributed by atoms with Crippen molar-refractivity contribution in [1.29, 1.82) is 0 Å². The fourth-order valence-electron chi connectivity index (χ4n) is 2.04. The Morgan fingerprint density at radius 1 is 1.55 bits per heavy atom. The molecule has 1 heterocycles. The summed E-state index contributed by atoms with van der Waals surface area (Å²) < 4.78 is 6.74. The summed E-state index contributed by atoms with van der Waals surface area (Å²) in [6, 6.07) is 3.96. The van der Waals surface area contributed by atoms with Gasteiger partial charge in [0.15, 0.2) is 5.75 Å². The summed E-state index contributed by atoms with van der Waals surface area (Å²) in [4.78, 5) is 26.5. The summed E-state index contributed by atoms with van der Waals surface area (Å²) in [5, 5.41) is 13.8. The number of amides is 1. The van der Waals surface area contributed by atoms with E-state index in [4.69, 9.17) is 4.74 Å². The first-order chi connectivity index (χ1) is 10.5. The monoisotopic (exact) mass is 304 g/mol. The van der Waals surface area contributed by atoms with Crippen LogP contribution in [0.3, 0.4) is 0 Å². The number of hydrogen-bond donors (Lipinski definition) is 1. The highest BCUT2D eigenvalue weighted by atomic mass is 16.6. The van der Waals surface area contributed by atoms with E-state index in [-0.39, 0.29) is 28.9 Å². The van der Waals surface area contributed by atoms with Gasteiger partial charge in [-0.3, -0.25) is 14.9 Å². The van der Waals surface area contributed by atoms with Gasteiger partial charge in [-0.05, 0) is 19.1 Å². The van der Waals surface area contributed by atoms with Gasteiger partial charge in [-0.25, -0.2) is 4.98 Å². The number of benzene rings is 1. The van der Waals surface area contributed by atoms with Crippen LogP contribution in [0, 0.1) is 10.1 Å². The van der Waals surface area contributed by atoms with Gasteiger partial charge in [0.25, 0.3) is 5.91 Å². The maximum Gasteiger partial charge on any atom is 0.311 e. The van der Waals surface area contributed by atoms with Crippen molar-refractivity contribution in [3.8, 4) is 5.75 Å². The molecule has 1 amide bonds. The van der Waals surface area contributed by atoms with Gasteiger partial charge in [0.1, 0.15) is 0 Å². The molecule has 8 nitrogen and oxygen atoms in total. The average Bonchev–Trinajstić information content (AvgIpc) is 2.99. The number of nitro benzene ring substituents is 1. The van der Waals surface area contributed by atoms with Crippen LogP contribution >= 0.6 is 0 Å². The first-order valence-electron chi connectivity index (χ1n) is 6.60. The summed E-state index contributed by atoms with van der Waals surface area (Å²) in [6.45, 7) is 2.40. The van der Waals surface area contributed by atoms with Crippen molar-refractivity contribution in [2.75, 3.05) is 7.11 Å². The van der Waals surface area contributed by atoms with E-state index in [1.165, 1.54) is 25.3 Å². The van der Waals surface area contributed by atoms with Crippen LogP contribution in [0.5, 0.6) is 5.75 Å². The molecule has 2 rings (SSSR count). The summed E-state index contributed by atoms with van der Waals surface area (Å²) in [7, 11) is 1.34. The molecule has 0 aliphatic heterocycles. The molecular weight excluding hydrogens is 288 g/mol. The van der Waals surface area contributed by atoms with Gasteiger partial charge in [0.05, 0.1) is 18.4 Å². The quantitative estimate of drug-likeness (QED) is 0.645. The molecule has 0 bridgehead atoms. The van der Waals surface area contributed by atoms with Crippen molar-refractivity contribution in [3.05, 3.63) is 52.6 Å². The lowest BCUT2D eigenvalue weighted by atomic mass is 10.1. The Hall–Kier alpha value is -2.90. The lowest BCUT2D eigenvalue weighted by molar-refractivity contribution is -0.385. The fraction of sp³-hybridized carbons (Fsp3) is 0.286. The molecule has 0 aliphatic rings. The summed E-state index contributed by atoms with van der Waals surface area (Å²) in [5.41, 5.74) is -0.0256. The molecule has 1 atom stereocenters. The number of nitrogens with zero attached hydrogens (tertiary/aromatic N) is 3. The molecule has 0 radical (unpaired) electrons. The van der Waals surface area contributed by atoms with Gasteiger partial charge < -0.3 is 14.6 Å². The van der Waals surface area contributed by atoms with Crippen LogP contribution in [0.4, 0.5) is 5.69 Å². The zero-order valence-electron chi connectivity index (χ0n) is 12.2. The van der Waals surface area contributed by atoms with Crippen molar-refractivity contribution in [1.82, 2.24) is 14.9 Å². The Kier molecular flexibility index (Phi) is 4.72. The minimum absolute atomic E-state index is 0.119. The van der Waals surface area contributed by atoms with Gasteiger partial charge >= 0.3 is 5.69 Å². The molecule has 8 heteroatoms. The Balaban J connectivity index is 2.09. The number of carbonyl (C=O) groups is 1. The number of carbonyl (C=O) groups excluding carboxylic acids is 1. The van der Waals surface area contributed by atoms with Crippen LogP contribution in [-0.4, -0.2) is 33.5 Å². The molecule has 22 heavy (non-hydrogen) atoms.